The summed E-state index contributed by atoms with van der Waals surface area (Å²) in [4.78, 5) is 22.8. The molecule has 1 amide bonds. The molecule has 5 nitrogen and oxygen atoms in total. The molecule has 0 fully saturated rings. The fraction of sp³-hybridized carbons (Fsp3) is 0. The van der Waals surface area contributed by atoms with Gasteiger partial charge in [0.05, 0.1) is 11.1 Å². The van der Waals surface area contributed by atoms with Crippen molar-refractivity contribution in [3.63, 3.8) is 0 Å². The Morgan fingerprint density at radius 3 is 2.68 bits per heavy atom. The number of rotatable bonds is 3. The maximum atomic E-state index is 13.5. The van der Waals surface area contributed by atoms with E-state index in [0.29, 0.717) is 33.8 Å². The SMILES string of the molecule is O=C(Nc1ccc[nH]1)c1cccc2[nH]c(-c3ccc(F)c(F)c3)nc12. The largest absolute Gasteiger partial charge is 0.348 e. The number of hydrogen-bond acceptors (Lipinski definition) is 2. The van der Waals surface area contributed by atoms with Crippen LogP contribution in [0.25, 0.3) is 22.4 Å². The Hall–Kier alpha value is -3.48. The smallest absolute Gasteiger partial charge is 0.259 e. The molecule has 0 bridgehead atoms. The van der Waals surface area contributed by atoms with Crippen molar-refractivity contribution in [2.24, 2.45) is 0 Å². The Balaban J connectivity index is 1.75. The van der Waals surface area contributed by atoms with E-state index in [1.807, 2.05) is 0 Å². The fourth-order valence-corrected chi connectivity index (χ4v) is 2.59. The summed E-state index contributed by atoms with van der Waals surface area (Å²) >= 11 is 0. The summed E-state index contributed by atoms with van der Waals surface area (Å²) in [5.41, 5.74) is 1.84. The summed E-state index contributed by atoms with van der Waals surface area (Å²) in [7, 11) is 0. The number of benzene rings is 2. The van der Waals surface area contributed by atoms with Crippen molar-refractivity contribution in [3.05, 3.63) is 71.9 Å². The molecule has 0 atom stereocenters. The molecule has 0 saturated carbocycles. The average molecular weight is 338 g/mol. The summed E-state index contributed by atoms with van der Waals surface area (Å²) in [6.45, 7) is 0. The third-order valence-electron chi connectivity index (χ3n) is 3.80. The zero-order valence-electron chi connectivity index (χ0n) is 12.8. The van der Waals surface area contributed by atoms with Crippen LogP contribution in [-0.2, 0) is 0 Å². The number of carbonyl (C=O) groups excluding carboxylic acids is 1. The molecule has 0 radical (unpaired) electrons. The van der Waals surface area contributed by atoms with Crippen LogP contribution in [0.15, 0.2) is 54.7 Å². The van der Waals surface area contributed by atoms with Gasteiger partial charge in [-0.1, -0.05) is 6.07 Å². The number of imidazole rings is 1. The number of halogens is 2. The molecule has 0 spiro atoms. The van der Waals surface area contributed by atoms with Gasteiger partial charge >= 0.3 is 0 Å². The van der Waals surface area contributed by atoms with Crippen molar-refractivity contribution in [1.29, 1.82) is 0 Å². The third-order valence-corrected chi connectivity index (χ3v) is 3.80. The zero-order valence-corrected chi connectivity index (χ0v) is 12.8. The van der Waals surface area contributed by atoms with Crippen LogP contribution < -0.4 is 5.32 Å². The van der Waals surface area contributed by atoms with Gasteiger partial charge in [-0.05, 0) is 42.5 Å². The highest BCUT2D eigenvalue weighted by atomic mass is 19.2. The summed E-state index contributed by atoms with van der Waals surface area (Å²) in [5, 5.41) is 2.74. The molecule has 0 saturated heterocycles. The van der Waals surface area contributed by atoms with Gasteiger partial charge in [0, 0.05) is 11.8 Å². The van der Waals surface area contributed by atoms with Crippen molar-refractivity contribution < 1.29 is 13.6 Å². The van der Waals surface area contributed by atoms with Crippen molar-refractivity contribution >= 4 is 22.8 Å². The lowest BCUT2D eigenvalue weighted by Gasteiger charge is -2.03. The molecule has 4 aromatic rings. The topological polar surface area (TPSA) is 73.6 Å². The van der Waals surface area contributed by atoms with Gasteiger partial charge in [0.25, 0.3) is 5.91 Å². The highest BCUT2D eigenvalue weighted by molar-refractivity contribution is 6.11. The van der Waals surface area contributed by atoms with Crippen molar-refractivity contribution in [3.8, 4) is 11.4 Å². The molecule has 2 heterocycles. The molecular weight excluding hydrogens is 326 g/mol. The Morgan fingerprint density at radius 2 is 1.92 bits per heavy atom. The van der Waals surface area contributed by atoms with Gasteiger partial charge in [-0.25, -0.2) is 13.8 Å². The molecule has 7 heteroatoms. The molecule has 4 rings (SSSR count). The van der Waals surface area contributed by atoms with Crippen LogP contribution in [0.5, 0.6) is 0 Å². The standard InChI is InChI=1S/C18H12F2N4O/c19-12-7-6-10(9-13(12)20)17-22-14-4-1-3-11(16(14)24-17)18(25)23-15-5-2-8-21-15/h1-9,21H,(H,22,24)(H,23,25). The molecular formula is C18H12F2N4O. The van der Waals surface area contributed by atoms with Gasteiger partial charge in [0.2, 0.25) is 0 Å². The number of anilines is 1. The number of para-hydroxylation sites is 1. The lowest BCUT2D eigenvalue weighted by molar-refractivity contribution is 0.102. The second kappa shape index (κ2) is 5.86. The monoisotopic (exact) mass is 338 g/mol. The first-order chi connectivity index (χ1) is 12.1. The van der Waals surface area contributed by atoms with E-state index in [2.05, 4.69) is 20.3 Å². The summed E-state index contributed by atoms with van der Waals surface area (Å²) < 4.78 is 26.6. The van der Waals surface area contributed by atoms with Crippen LogP contribution in [0.3, 0.4) is 0 Å². The first kappa shape index (κ1) is 15.1. The minimum Gasteiger partial charge on any atom is -0.348 e. The van der Waals surface area contributed by atoms with Crippen LogP contribution in [0.2, 0.25) is 0 Å². The highest BCUT2D eigenvalue weighted by Crippen LogP contribution is 2.24. The van der Waals surface area contributed by atoms with Gasteiger partial charge in [-0.2, -0.15) is 0 Å². The average Bonchev–Trinajstić information content (AvgIpc) is 3.26. The van der Waals surface area contributed by atoms with Crippen LogP contribution in [0, 0.1) is 11.6 Å². The van der Waals surface area contributed by atoms with E-state index in [1.165, 1.54) is 6.07 Å². The zero-order chi connectivity index (χ0) is 17.4. The molecule has 2 aromatic carbocycles. The van der Waals surface area contributed by atoms with Crippen LogP contribution in [0.4, 0.5) is 14.6 Å². The first-order valence-corrected chi connectivity index (χ1v) is 7.51. The van der Waals surface area contributed by atoms with Crippen LogP contribution in [0.1, 0.15) is 10.4 Å². The van der Waals surface area contributed by atoms with E-state index < -0.39 is 11.6 Å². The minimum atomic E-state index is -0.956. The third kappa shape index (κ3) is 2.76. The predicted octanol–water partition coefficient (Wildman–Crippen LogP) is 4.09. The molecule has 0 aliphatic carbocycles. The van der Waals surface area contributed by atoms with E-state index in [1.54, 1.807) is 36.5 Å². The van der Waals surface area contributed by atoms with Crippen LogP contribution >= 0.6 is 0 Å². The second-order valence-electron chi connectivity index (χ2n) is 5.45. The maximum Gasteiger partial charge on any atom is 0.259 e. The van der Waals surface area contributed by atoms with Crippen molar-refractivity contribution in [1.82, 2.24) is 15.0 Å². The predicted molar refractivity (Wildman–Crippen MR) is 90.2 cm³/mol. The van der Waals surface area contributed by atoms with E-state index in [0.717, 1.165) is 12.1 Å². The molecule has 124 valence electrons. The van der Waals surface area contributed by atoms with E-state index in [4.69, 9.17) is 0 Å². The summed E-state index contributed by atoms with van der Waals surface area (Å²) in [6, 6.07) is 12.2. The van der Waals surface area contributed by atoms with Gasteiger partial charge in [0.15, 0.2) is 11.6 Å². The van der Waals surface area contributed by atoms with Crippen molar-refractivity contribution in [2.45, 2.75) is 0 Å². The van der Waals surface area contributed by atoms with Gasteiger partial charge in [0.1, 0.15) is 17.2 Å². The molecule has 25 heavy (non-hydrogen) atoms. The molecule has 0 aliphatic heterocycles. The lowest BCUT2D eigenvalue weighted by atomic mass is 10.1. The first-order valence-electron chi connectivity index (χ1n) is 7.51. The number of nitrogens with zero attached hydrogens (tertiary/aromatic N) is 1. The number of aromatic nitrogens is 3. The van der Waals surface area contributed by atoms with Gasteiger partial charge in [-0.15, -0.1) is 0 Å². The van der Waals surface area contributed by atoms with Crippen LogP contribution in [-0.4, -0.2) is 20.9 Å². The summed E-state index contributed by atoms with van der Waals surface area (Å²) in [6.07, 6.45) is 1.70. The van der Waals surface area contributed by atoms with Gasteiger partial charge < -0.3 is 15.3 Å². The van der Waals surface area contributed by atoms with E-state index >= 15 is 0 Å². The number of fused-ring (bicyclic) bond motifs is 1. The van der Waals surface area contributed by atoms with Crippen molar-refractivity contribution in [2.75, 3.05) is 5.32 Å². The minimum absolute atomic E-state index is 0.323. The Morgan fingerprint density at radius 1 is 1.04 bits per heavy atom. The highest BCUT2D eigenvalue weighted by Gasteiger charge is 2.15. The Bertz CT molecular complexity index is 1070. The van der Waals surface area contributed by atoms with E-state index in [-0.39, 0.29) is 5.91 Å². The number of aromatic amines is 2. The molecule has 3 N–H and O–H groups in total. The normalized spacial score (nSPS) is 11.0. The maximum absolute atomic E-state index is 13.5. The van der Waals surface area contributed by atoms with Gasteiger partial charge in [-0.3, -0.25) is 4.79 Å². The number of carbonyl (C=O) groups is 1. The van der Waals surface area contributed by atoms with E-state index in [9.17, 15) is 13.6 Å². The Kier molecular flexibility index (Phi) is 3.53. The molecule has 0 aliphatic rings. The number of nitrogens with one attached hydrogen (secondary N) is 3. The quantitative estimate of drug-likeness (QED) is 0.526. The Labute approximate surface area is 140 Å². The number of amides is 1. The number of hydrogen-bond donors (Lipinski definition) is 3. The lowest BCUT2D eigenvalue weighted by Crippen LogP contribution is -2.12. The number of H-pyrrole nitrogens is 2. The second-order valence-corrected chi connectivity index (χ2v) is 5.45. The molecule has 2 aromatic heterocycles. The fourth-order valence-electron chi connectivity index (χ4n) is 2.59. The summed E-state index contributed by atoms with van der Waals surface area (Å²) in [5.74, 6) is -1.28. The molecule has 0 unspecified atom stereocenters.